The zero-order valence-electron chi connectivity index (χ0n) is 13.5. The van der Waals surface area contributed by atoms with Gasteiger partial charge in [0.1, 0.15) is 11.3 Å². The highest BCUT2D eigenvalue weighted by Gasteiger charge is 2.34. The molecule has 0 aliphatic carbocycles. The van der Waals surface area contributed by atoms with Crippen LogP contribution in [0, 0.1) is 5.41 Å². The van der Waals surface area contributed by atoms with Gasteiger partial charge < -0.3 is 9.47 Å². The van der Waals surface area contributed by atoms with Crippen molar-refractivity contribution in [3.63, 3.8) is 0 Å². The largest absolute Gasteiger partial charge is 0.493 e. The van der Waals surface area contributed by atoms with E-state index in [-0.39, 0.29) is 5.41 Å². The zero-order valence-corrected chi connectivity index (χ0v) is 13.5. The molecule has 0 saturated carbocycles. The van der Waals surface area contributed by atoms with Crippen LogP contribution in [-0.4, -0.2) is 29.4 Å². The summed E-state index contributed by atoms with van der Waals surface area (Å²) < 4.78 is 13.2. The lowest BCUT2D eigenvalue weighted by atomic mass is 9.90. The number of aromatic nitrogens is 2. The first kappa shape index (κ1) is 13.8. The van der Waals surface area contributed by atoms with Gasteiger partial charge in [0.05, 0.1) is 25.3 Å². The second kappa shape index (κ2) is 4.95. The molecule has 4 nitrogen and oxygen atoms in total. The summed E-state index contributed by atoms with van der Waals surface area (Å²) in [5.41, 5.74) is 2.32. The van der Waals surface area contributed by atoms with Gasteiger partial charge in [0, 0.05) is 22.4 Å². The Morgan fingerprint density at radius 3 is 2.83 bits per heavy atom. The third kappa shape index (κ3) is 2.07. The normalized spacial score (nSPS) is 16.5. The van der Waals surface area contributed by atoms with Gasteiger partial charge in [0.15, 0.2) is 0 Å². The second-order valence-corrected chi connectivity index (χ2v) is 6.97. The van der Waals surface area contributed by atoms with Crippen molar-refractivity contribution in [3.8, 4) is 5.75 Å². The Balaban J connectivity index is 1.57. The monoisotopic (exact) mass is 318 g/mol. The second-order valence-electron chi connectivity index (χ2n) is 6.97. The van der Waals surface area contributed by atoms with Crippen molar-refractivity contribution < 1.29 is 9.47 Å². The van der Waals surface area contributed by atoms with E-state index in [2.05, 4.69) is 37.3 Å². The molecule has 0 amide bonds. The third-order valence-corrected chi connectivity index (χ3v) is 4.77. The van der Waals surface area contributed by atoms with E-state index in [1.54, 1.807) is 0 Å². The minimum atomic E-state index is 0.153. The quantitative estimate of drug-likeness (QED) is 0.571. The van der Waals surface area contributed by atoms with E-state index in [0.29, 0.717) is 6.61 Å². The van der Waals surface area contributed by atoms with Crippen LogP contribution < -0.4 is 4.74 Å². The Morgan fingerprint density at radius 2 is 2.00 bits per heavy atom. The van der Waals surface area contributed by atoms with E-state index in [1.165, 1.54) is 5.39 Å². The molecule has 2 aromatic heterocycles. The van der Waals surface area contributed by atoms with Crippen LogP contribution in [0.25, 0.3) is 27.2 Å². The number of fused-ring (bicyclic) bond motifs is 5. The Morgan fingerprint density at radius 1 is 1.12 bits per heavy atom. The highest BCUT2D eigenvalue weighted by atomic mass is 16.5. The van der Waals surface area contributed by atoms with E-state index in [9.17, 15) is 0 Å². The van der Waals surface area contributed by atoms with Gasteiger partial charge in [-0.1, -0.05) is 19.1 Å². The van der Waals surface area contributed by atoms with Crippen LogP contribution in [0.5, 0.6) is 5.75 Å². The Hall–Kier alpha value is -2.59. The fraction of sp³-hybridized carbons (Fsp3) is 0.250. The number of hydrogen-bond donors (Lipinski definition) is 0. The van der Waals surface area contributed by atoms with E-state index in [4.69, 9.17) is 14.6 Å². The number of pyridine rings is 1. The van der Waals surface area contributed by atoms with E-state index in [1.807, 2.05) is 28.9 Å². The average molecular weight is 318 g/mol. The maximum atomic E-state index is 5.99. The Bertz CT molecular complexity index is 1060. The average Bonchev–Trinajstić information content (AvgIpc) is 2.97. The molecular weight excluding hydrogens is 300 g/mol. The number of benzene rings is 2. The molecule has 2 aromatic carbocycles. The summed E-state index contributed by atoms with van der Waals surface area (Å²) in [6.07, 6.45) is 1.99. The summed E-state index contributed by atoms with van der Waals surface area (Å²) in [5, 5.41) is 8.22. The van der Waals surface area contributed by atoms with Crippen molar-refractivity contribution in [2.45, 2.75) is 6.92 Å². The highest BCUT2D eigenvalue weighted by Crippen LogP contribution is 2.31. The van der Waals surface area contributed by atoms with Crippen molar-refractivity contribution in [2.75, 3.05) is 19.8 Å². The minimum Gasteiger partial charge on any atom is -0.493 e. The molecule has 5 rings (SSSR count). The van der Waals surface area contributed by atoms with Crippen LogP contribution in [0.15, 0.2) is 54.7 Å². The summed E-state index contributed by atoms with van der Waals surface area (Å²) >= 11 is 0. The van der Waals surface area contributed by atoms with Crippen LogP contribution in [0.4, 0.5) is 0 Å². The molecule has 4 aromatic rings. The molecule has 1 aliphatic heterocycles. The summed E-state index contributed by atoms with van der Waals surface area (Å²) in [5.74, 6) is 0.902. The van der Waals surface area contributed by atoms with Gasteiger partial charge in [0.2, 0.25) is 0 Å². The summed E-state index contributed by atoms with van der Waals surface area (Å²) in [7, 11) is 0. The molecule has 0 bridgehead atoms. The predicted molar refractivity (Wildman–Crippen MR) is 94.6 cm³/mol. The van der Waals surface area contributed by atoms with Gasteiger partial charge in [-0.15, -0.1) is 0 Å². The van der Waals surface area contributed by atoms with Crippen molar-refractivity contribution >= 4 is 27.2 Å². The van der Waals surface area contributed by atoms with Crippen LogP contribution in [0.1, 0.15) is 6.92 Å². The van der Waals surface area contributed by atoms with Gasteiger partial charge in [0.25, 0.3) is 0 Å². The van der Waals surface area contributed by atoms with Gasteiger partial charge in [-0.2, -0.15) is 5.10 Å². The molecule has 0 spiro atoms. The standard InChI is InChI=1S/C20H18N2O2/c1-20(11-23-12-20)13-24-15-6-8-16-14(10-15)5-7-17-18-4-2-3-9-22(18)21-19(16)17/h2-10H,11-13H2,1H3. The van der Waals surface area contributed by atoms with E-state index in [0.717, 1.165) is 40.8 Å². The smallest absolute Gasteiger partial charge is 0.119 e. The van der Waals surface area contributed by atoms with Crippen LogP contribution in [0.3, 0.4) is 0 Å². The molecule has 120 valence electrons. The lowest BCUT2D eigenvalue weighted by molar-refractivity contribution is -0.120. The van der Waals surface area contributed by atoms with Crippen molar-refractivity contribution in [1.82, 2.24) is 9.61 Å². The summed E-state index contributed by atoms with van der Waals surface area (Å²) in [6.45, 7) is 4.44. The number of nitrogens with zero attached hydrogens (tertiary/aromatic N) is 2. The summed E-state index contributed by atoms with van der Waals surface area (Å²) in [4.78, 5) is 0. The molecule has 0 N–H and O–H groups in total. The maximum Gasteiger partial charge on any atom is 0.119 e. The molecule has 4 heteroatoms. The molecule has 3 heterocycles. The third-order valence-electron chi connectivity index (χ3n) is 4.77. The summed E-state index contributed by atoms with van der Waals surface area (Å²) in [6, 6.07) is 16.7. The van der Waals surface area contributed by atoms with Crippen molar-refractivity contribution in [2.24, 2.45) is 5.41 Å². The van der Waals surface area contributed by atoms with Gasteiger partial charge in [-0.05, 0) is 41.8 Å². The maximum absolute atomic E-state index is 5.99. The molecule has 0 atom stereocenters. The van der Waals surface area contributed by atoms with Crippen LogP contribution in [-0.2, 0) is 4.74 Å². The van der Waals surface area contributed by atoms with Gasteiger partial charge in [-0.3, -0.25) is 0 Å². The number of rotatable bonds is 3. The molecule has 1 fully saturated rings. The van der Waals surface area contributed by atoms with Crippen LogP contribution >= 0.6 is 0 Å². The molecule has 1 saturated heterocycles. The lowest BCUT2D eigenvalue weighted by Gasteiger charge is -2.37. The van der Waals surface area contributed by atoms with E-state index < -0.39 is 0 Å². The Kier molecular flexibility index (Phi) is 2.85. The van der Waals surface area contributed by atoms with Gasteiger partial charge in [-0.25, -0.2) is 4.52 Å². The predicted octanol–water partition coefficient (Wildman–Crippen LogP) is 4.06. The molecule has 0 unspecified atom stereocenters. The molecule has 1 aliphatic rings. The SMILES string of the molecule is CC1(COc2ccc3c(ccc4c3nn3ccccc43)c2)COC1. The molecule has 0 radical (unpaired) electrons. The fourth-order valence-electron chi connectivity index (χ4n) is 3.33. The Labute approximate surface area is 139 Å². The topological polar surface area (TPSA) is 35.8 Å². The first-order valence-corrected chi connectivity index (χ1v) is 8.22. The zero-order chi connectivity index (χ0) is 16.1. The first-order valence-electron chi connectivity index (χ1n) is 8.22. The van der Waals surface area contributed by atoms with E-state index >= 15 is 0 Å². The van der Waals surface area contributed by atoms with Crippen molar-refractivity contribution in [3.05, 3.63) is 54.7 Å². The fourth-order valence-corrected chi connectivity index (χ4v) is 3.33. The number of hydrogen-bond acceptors (Lipinski definition) is 3. The highest BCUT2D eigenvalue weighted by molar-refractivity contribution is 6.10. The minimum absolute atomic E-state index is 0.153. The van der Waals surface area contributed by atoms with Crippen molar-refractivity contribution in [1.29, 1.82) is 0 Å². The first-order chi connectivity index (χ1) is 11.7. The number of ether oxygens (including phenoxy) is 2. The van der Waals surface area contributed by atoms with Crippen LogP contribution in [0.2, 0.25) is 0 Å². The lowest BCUT2D eigenvalue weighted by Crippen LogP contribution is -2.44. The van der Waals surface area contributed by atoms with Gasteiger partial charge >= 0.3 is 0 Å². The molecular formula is C20H18N2O2. The molecule has 24 heavy (non-hydrogen) atoms.